The minimum Gasteiger partial charge on any atom is -0.403 e. The largest absolute Gasteiger partial charge is 0.403 e. The first-order valence-corrected chi connectivity index (χ1v) is 38.4. The van der Waals surface area contributed by atoms with Crippen molar-refractivity contribution in [3.05, 3.63) is 156 Å². The summed E-state index contributed by atoms with van der Waals surface area (Å²) in [5.74, 6) is 10.3. The molecule has 0 radical (unpaired) electrons. The smallest absolute Gasteiger partial charge is 0.0921 e. The molecule has 1 aliphatic rings. The number of benzene rings is 3. The number of unbranched alkanes of at least 4 members (excludes halogenated alkanes) is 2. The van der Waals surface area contributed by atoms with Gasteiger partial charge in [-0.05, 0) is 196 Å². The van der Waals surface area contributed by atoms with Crippen molar-refractivity contribution < 1.29 is 5.11 Å². The number of aryl methyl sites for hydroxylation is 1. The van der Waals surface area contributed by atoms with Crippen LogP contribution in [0.5, 0.6) is 0 Å². The molecule has 4 aromatic rings. The third-order valence-electron chi connectivity index (χ3n) is 14.1. The van der Waals surface area contributed by atoms with Crippen LogP contribution in [0.25, 0.3) is 5.57 Å². The zero-order valence-corrected chi connectivity index (χ0v) is 68.1. The lowest BCUT2D eigenvalue weighted by Gasteiger charge is -2.07. The summed E-state index contributed by atoms with van der Waals surface area (Å²) < 4.78 is 0. The maximum atomic E-state index is 8.63. The van der Waals surface area contributed by atoms with Crippen LogP contribution in [0, 0.1) is 72.0 Å². The molecule has 1 heterocycles. The number of aromatic amines is 1. The highest BCUT2D eigenvalue weighted by Crippen LogP contribution is 2.31. The monoisotopic (exact) mass is 1330 g/mol. The zero-order chi connectivity index (χ0) is 73.6. The van der Waals surface area contributed by atoms with Gasteiger partial charge in [-0.1, -0.05) is 302 Å². The Morgan fingerprint density at radius 2 is 1.01 bits per heavy atom. The number of allylic oxidation sites excluding steroid dienone is 4. The topological polar surface area (TPSA) is 139 Å². The van der Waals surface area contributed by atoms with E-state index < -0.39 is 0 Å². The summed E-state index contributed by atoms with van der Waals surface area (Å²) in [4.78, 5) is 11.1. The first-order chi connectivity index (χ1) is 43.9. The van der Waals surface area contributed by atoms with Crippen molar-refractivity contribution in [3.8, 4) is 0 Å². The second kappa shape index (κ2) is 68.4. The van der Waals surface area contributed by atoms with E-state index in [0.717, 1.165) is 104 Å². The Balaban J connectivity index is -0.000000229. The number of aliphatic hydroxyl groups is 1. The summed E-state index contributed by atoms with van der Waals surface area (Å²) >= 11 is 1.93. The average molecular weight is 1330 g/mol. The van der Waals surface area contributed by atoms with Gasteiger partial charge >= 0.3 is 0 Å². The molecule has 94 heavy (non-hydrogen) atoms. The minimum absolute atomic E-state index is 0.148. The molecule has 1 aromatic heterocycles. The van der Waals surface area contributed by atoms with Gasteiger partial charge in [0.25, 0.3) is 0 Å². The molecule has 0 amide bonds. The Kier molecular flexibility index (Phi) is 73.1. The summed E-state index contributed by atoms with van der Waals surface area (Å²) in [5, 5.41) is 8.63. The molecule has 5 rings (SSSR count). The quantitative estimate of drug-likeness (QED) is 0.0241. The van der Waals surface area contributed by atoms with Crippen LogP contribution < -0.4 is 17.2 Å². The first kappa shape index (κ1) is 101. The molecule has 8 N–H and O–H groups in total. The van der Waals surface area contributed by atoms with Crippen molar-refractivity contribution in [3.63, 3.8) is 0 Å². The molecule has 8 heteroatoms. The molecule has 1 atom stereocenters. The van der Waals surface area contributed by atoms with E-state index in [-0.39, 0.29) is 6.10 Å². The van der Waals surface area contributed by atoms with Gasteiger partial charge in [0, 0.05) is 29.8 Å². The second-order valence-corrected chi connectivity index (χ2v) is 31.3. The Labute approximate surface area is 592 Å². The number of thioether (sulfide) groups is 1. The van der Waals surface area contributed by atoms with Crippen molar-refractivity contribution in [2.45, 2.75) is 296 Å². The van der Waals surface area contributed by atoms with E-state index in [1.807, 2.05) is 38.7 Å². The second-order valence-electron chi connectivity index (χ2n) is 30.3. The number of imidazole rings is 1. The van der Waals surface area contributed by atoms with Crippen LogP contribution in [0.4, 0.5) is 0 Å². The standard InChI is InChI=1S/C13H16.C11H16.C10H14.C8H18N2.C8H18.C7H12N2.C7H15N.C6H13N.C6H14S.C5H12O.C5H12/c1-10(2)9-12-8-7-11-5-3-4-6-13(11)12;1-9(2)8-11-6-4-10(3)5-7-11;1-9(2)8-10-6-4-3-5-7-10;1-7(2)5-4-6-10-8(3)9;1-4-5-6-7-8(2)3;1-6(2)3-7-4-8-5-9-7;1-6(2)4-5-7(3)8;1-5(2)4-6(3)7;1-6(2)4-5-7-3;1-4(2)5(3)6;1-4-5(2)3/h3-6,8,10H,7,9H2,1-2H3;4-7,9H,8H2,1-3H3;3-7,9H,8H2,1-2H3;7H,4-6H2,1-3H3,(H2,9,10);8H,4-7H2,1-3H3;4-6H,3H2,1-2H3,(H,8,9);6H,3-5,8H2,1-2H3;5H,3-4,7H2,1-2H3;6H,4-5H2,1-3H3;4-6H,1-3H3;5H,4H2,1-3H3/t;;;;;;;;;5-;/m.........1./s1. The summed E-state index contributed by atoms with van der Waals surface area (Å²) in [7, 11) is 0. The maximum absolute atomic E-state index is 8.63. The van der Waals surface area contributed by atoms with Crippen LogP contribution in [0.2, 0.25) is 0 Å². The number of aromatic nitrogens is 2. The van der Waals surface area contributed by atoms with Crippen molar-refractivity contribution in [1.82, 2.24) is 9.97 Å². The number of H-pyrrole nitrogens is 1. The van der Waals surface area contributed by atoms with Gasteiger partial charge in [-0.2, -0.15) is 11.8 Å². The van der Waals surface area contributed by atoms with E-state index in [1.54, 1.807) is 18.8 Å². The molecule has 0 saturated carbocycles. The number of aliphatic hydroxyl groups excluding tert-OH is 1. The number of nitrogens with one attached hydrogen (secondary N) is 1. The number of fused-ring (bicyclic) bond motifs is 1. The van der Waals surface area contributed by atoms with Gasteiger partial charge in [-0.25, -0.2) is 4.98 Å². The highest BCUT2D eigenvalue weighted by Gasteiger charge is 2.13. The maximum Gasteiger partial charge on any atom is 0.0921 e. The van der Waals surface area contributed by atoms with Crippen molar-refractivity contribution in [1.29, 1.82) is 0 Å². The van der Waals surface area contributed by atoms with Crippen molar-refractivity contribution in [2.75, 3.05) is 18.6 Å². The Morgan fingerprint density at radius 3 is 1.35 bits per heavy atom. The van der Waals surface area contributed by atoms with E-state index in [2.05, 4.69) is 279 Å². The molecule has 0 bridgehead atoms. The predicted molar refractivity (Wildman–Crippen MR) is 434 cm³/mol. The van der Waals surface area contributed by atoms with Crippen LogP contribution in [0.3, 0.4) is 0 Å². The molecular formula is C86H160N6OS. The van der Waals surface area contributed by atoms with Crippen molar-refractivity contribution >= 4 is 23.2 Å². The SMILES string of the molecule is C=C(N)CC(C)C.C=C(N)CCC(C)C.CC(C)CC1=CCc2ccccc21.CC(C)Cc1ccccc1.CC(C)Cc1cnc[nH]1.CC(C)[C@@H](C)O.CC(N)=NCCCC(C)C.CCC(C)C.CCCCCC(C)C.CSCCC(C)C.Cc1ccc(CC(C)C)cc1. The third-order valence-corrected chi connectivity index (χ3v) is 14.7. The number of aliphatic imine (C=N–C) groups is 1. The summed E-state index contributed by atoms with van der Waals surface area (Å²) in [6.07, 6.45) is 27.6. The van der Waals surface area contributed by atoms with Gasteiger partial charge in [0.2, 0.25) is 0 Å². The number of rotatable bonds is 26. The molecule has 3 aromatic carbocycles. The normalized spacial score (nSPS) is 11.4. The number of nitrogens with two attached hydrogens (primary N) is 3. The molecule has 0 fully saturated rings. The molecule has 7 nitrogen and oxygen atoms in total. The van der Waals surface area contributed by atoms with E-state index in [4.69, 9.17) is 22.3 Å². The lowest BCUT2D eigenvalue weighted by atomic mass is 9.98. The predicted octanol–water partition coefficient (Wildman–Crippen LogP) is 25.3. The van der Waals surface area contributed by atoms with Gasteiger partial charge in [-0.3, -0.25) is 4.99 Å². The highest BCUT2D eigenvalue weighted by molar-refractivity contribution is 7.98. The third kappa shape index (κ3) is 85.5. The van der Waals surface area contributed by atoms with Gasteiger partial charge in [-0.15, -0.1) is 0 Å². The van der Waals surface area contributed by atoms with Crippen LogP contribution >= 0.6 is 11.8 Å². The lowest BCUT2D eigenvalue weighted by Crippen LogP contribution is -2.07. The Hall–Kier alpha value is -4.53. The fraction of sp³-hybridized carbons (Fsp3) is 0.674. The molecule has 0 unspecified atom stereocenters. The summed E-state index contributed by atoms with van der Waals surface area (Å²) in [5.41, 5.74) is 27.6. The Bertz CT molecular complexity index is 2260. The first-order valence-electron chi connectivity index (χ1n) is 37.0. The van der Waals surface area contributed by atoms with Crippen LogP contribution in [0.15, 0.2) is 127 Å². The van der Waals surface area contributed by atoms with E-state index in [1.165, 1.54) is 103 Å². The molecule has 0 spiro atoms. The average Bonchev–Trinajstić information content (AvgIpc) is 1.70. The molecular weight excluding hydrogens is 1170 g/mol. The van der Waals surface area contributed by atoms with Gasteiger partial charge < -0.3 is 27.3 Å². The molecule has 1 aliphatic carbocycles. The summed E-state index contributed by atoms with van der Waals surface area (Å²) in [6, 6.07) is 28.2. The summed E-state index contributed by atoms with van der Waals surface area (Å²) in [6.45, 7) is 66.8. The fourth-order valence-electron chi connectivity index (χ4n) is 8.01. The van der Waals surface area contributed by atoms with E-state index >= 15 is 0 Å². The van der Waals surface area contributed by atoms with Gasteiger partial charge in [0.05, 0.1) is 18.3 Å². The zero-order valence-electron chi connectivity index (χ0n) is 67.3. The molecule has 0 saturated heterocycles. The molecule has 0 aliphatic heterocycles. The van der Waals surface area contributed by atoms with Crippen LogP contribution in [-0.4, -0.2) is 45.6 Å². The van der Waals surface area contributed by atoms with E-state index in [9.17, 15) is 0 Å². The number of nitrogens with zero attached hydrogens (tertiary/aromatic N) is 2. The number of amidine groups is 1. The lowest BCUT2D eigenvalue weighted by molar-refractivity contribution is 0.144. The number of hydrogen-bond donors (Lipinski definition) is 5. The van der Waals surface area contributed by atoms with Gasteiger partial charge in [0.15, 0.2) is 0 Å². The van der Waals surface area contributed by atoms with Crippen LogP contribution in [-0.2, 0) is 25.7 Å². The van der Waals surface area contributed by atoms with E-state index in [0.29, 0.717) is 23.6 Å². The highest BCUT2D eigenvalue weighted by atomic mass is 32.2. The van der Waals surface area contributed by atoms with Gasteiger partial charge in [0.1, 0.15) is 0 Å². The Morgan fingerprint density at radius 1 is 0.553 bits per heavy atom. The molecule has 546 valence electrons. The van der Waals surface area contributed by atoms with Crippen molar-refractivity contribution in [2.24, 2.45) is 87.3 Å². The van der Waals surface area contributed by atoms with Crippen LogP contribution in [0.1, 0.15) is 291 Å². The number of hydrogen-bond acceptors (Lipinski definition) is 6. The minimum atomic E-state index is -0.148. The fourth-order valence-corrected chi connectivity index (χ4v) is 8.72.